The van der Waals surface area contributed by atoms with E-state index in [2.05, 4.69) is 43.4 Å². The second-order valence-corrected chi connectivity index (χ2v) is 5.83. The number of furan rings is 1. The minimum absolute atomic E-state index is 0.378. The van der Waals surface area contributed by atoms with Gasteiger partial charge in [0.2, 0.25) is 0 Å². The summed E-state index contributed by atoms with van der Waals surface area (Å²) in [6, 6.07) is 9.00. The second-order valence-electron chi connectivity index (χ2n) is 5.83. The monoisotopic (exact) mass is 257 g/mol. The molecule has 0 radical (unpaired) electrons. The number of benzene rings is 1. The number of rotatable bonds is 5. The van der Waals surface area contributed by atoms with Gasteiger partial charge in [-0.15, -0.1) is 0 Å². The molecule has 0 aliphatic heterocycles. The van der Waals surface area contributed by atoms with E-state index in [0.717, 1.165) is 23.8 Å². The summed E-state index contributed by atoms with van der Waals surface area (Å²) < 4.78 is 6.04. The fourth-order valence-electron chi connectivity index (χ4n) is 2.96. The van der Waals surface area contributed by atoms with Gasteiger partial charge in [-0.1, -0.05) is 37.8 Å². The van der Waals surface area contributed by atoms with Gasteiger partial charge >= 0.3 is 0 Å². The Morgan fingerprint density at radius 3 is 2.84 bits per heavy atom. The van der Waals surface area contributed by atoms with Crippen LogP contribution in [-0.2, 0) is 0 Å². The predicted octanol–water partition coefficient (Wildman–Crippen LogP) is 4.58. The molecule has 1 aromatic carbocycles. The molecular formula is C17H23NO. The maximum Gasteiger partial charge on any atom is 0.134 e. The molecule has 1 N–H and O–H groups in total. The largest absolute Gasteiger partial charge is 0.459 e. The minimum atomic E-state index is 0.378. The van der Waals surface area contributed by atoms with Crippen molar-refractivity contribution in [2.45, 2.75) is 45.6 Å². The van der Waals surface area contributed by atoms with Gasteiger partial charge in [0.25, 0.3) is 0 Å². The molecule has 3 rings (SSSR count). The summed E-state index contributed by atoms with van der Waals surface area (Å²) in [4.78, 5) is 0. The van der Waals surface area contributed by atoms with Gasteiger partial charge in [-0.05, 0) is 44.0 Å². The Balaban J connectivity index is 1.85. The third-order valence-corrected chi connectivity index (χ3v) is 4.28. The van der Waals surface area contributed by atoms with Crippen molar-refractivity contribution < 1.29 is 4.42 Å². The predicted molar refractivity (Wildman–Crippen MR) is 79.3 cm³/mol. The van der Waals surface area contributed by atoms with Crippen molar-refractivity contribution in [2.24, 2.45) is 5.92 Å². The Labute approximate surface area is 115 Å². The fourth-order valence-corrected chi connectivity index (χ4v) is 2.96. The third-order valence-electron chi connectivity index (χ3n) is 4.28. The molecule has 0 spiro atoms. The van der Waals surface area contributed by atoms with Crippen LogP contribution < -0.4 is 5.32 Å². The van der Waals surface area contributed by atoms with Crippen molar-refractivity contribution in [3.63, 3.8) is 0 Å². The van der Waals surface area contributed by atoms with Crippen LogP contribution in [0, 0.1) is 12.8 Å². The number of hydrogen-bond donors (Lipinski definition) is 1. The molecule has 1 heterocycles. The highest BCUT2D eigenvalue weighted by molar-refractivity contribution is 5.78. The maximum atomic E-state index is 6.04. The van der Waals surface area contributed by atoms with E-state index in [0.29, 0.717) is 6.04 Å². The number of fused-ring (bicyclic) bond motifs is 1. The van der Waals surface area contributed by atoms with Crippen molar-refractivity contribution in [1.82, 2.24) is 5.32 Å². The average molecular weight is 257 g/mol. The van der Waals surface area contributed by atoms with Gasteiger partial charge in [0.15, 0.2) is 0 Å². The number of hydrogen-bond acceptors (Lipinski definition) is 2. The van der Waals surface area contributed by atoms with E-state index < -0.39 is 0 Å². The van der Waals surface area contributed by atoms with Gasteiger partial charge < -0.3 is 9.73 Å². The SMILES string of the molecule is CCNC(CC1CCC1)c1cc2cc(C)ccc2o1. The Bertz CT molecular complexity index is 553. The summed E-state index contributed by atoms with van der Waals surface area (Å²) in [5, 5.41) is 4.81. The molecule has 1 saturated carbocycles. The van der Waals surface area contributed by atoms with Crippen molar-refractivity contribution in [2.75, 3.05) is 6.54 Å². The zero-order valence-electron chi connectivity index (χ0n) is 11.9. The Hall–Kier alpha value is -1.28. The van der Waals surface area contributed by atoms with Gasteiger partial charge in [-0.3, -0.25) is 0 Å². The molecule has 2 aromatic rings. The Morgan fingerprint density at radius 1 is 1.32 bits per heavy atom. The quantitative estimate of drug-likeness (QED) is 0.848. The first-order chi connectivity index (χ1) is 9.26. The summed E-state index contributed by atoms with van der Waals surface area (Å²) in [5.41, 5.74) is 2.30. The molecule has 1 fully saturated rings. The van der Waals surface area contributed by atoms with E-state index in [-0.39, 0.29) is 0 Å². The molecule has 1 aliphatic carbocycles. The van der Waals surface area contributed by atoms with Crippen molar-refractivity contribution in [1.29, 1.82) is 0 Å². The molecule has 0 saturated heterocycles. The van der Waals surface area contributed by atoms with Crippen LogP contribution in [0.2, 0.25) is 0 Å². The van der Waals surface area contributed by atoms with E-state index in [1.54, 1.807) is 0 Å². The summed E-state index contributed by atoms with van der Waals surface area (Å²) in [6.07, 6.45) is 5.40. The van der Waals surface area contributed by atoms with Crippen LogP contribution in [0.5, 0.6) is 0 Å². The van der Waals surface area contributed by atoms with Crippen LogP contribution in [0.4, 0.5) is 0 Å². The second kappa shape index (κ2) is 5.38. The molecular weight excluding hydrogens is 234 g/mol. The van der Waals surface area contributed by atoms with Crippen molar-refractivity contribution in [3.05, 3.63) is 35.6 Å². The van der Waals surface area contributed by atoms with Crippen molar-refractivity contribution in [3.8, 4) is 0 Å². The minimum Gasteiger partial charge on any atom is -0.459 e. The highest BCUT2D eigenvalue weighted by atomic mass is 16.3. The lowest BCUT2D eigenvalue weighted by Gasteiger charge is -2.29. The van der Waals surface area contributed by atoms with Gasteiger partial charge in [0, 0.05) is 5.39 Å². The van der Waals surface area contributed by atoms with Gasteiger partial charge in [0.05, 0.1) is 6.04 Å². The molecule has 0 bridgehead atoms. The molecule has 102 valence electrons. The van der Waals surface area contributed by atoms with E-state index >= 15 is 0 Å². The zero-order valence-corrected chi connectivity index (χ0v) is 11.9. The molecule has 1 unspecified atom stereocenters. The average Bonchev–Trinajstić information content (AvgIpc) is 2.74. The first-order valence-electron chi connectivity index (χ1n) is 7.49. The fraction of sp³-hybridized carbons (Fsp3) is 0.529. The van der Waals surface area contributed by atoms with Gasteiger partial charge in [0.1, 0.15) is 11.3 Å². The standard InChI is InChI=1S/C17H23NO/c1-3-18-15(10-13-5-4-6-13)17-11-14-9-12(2)7-8-16(14)19-17/h7-9,11,13,15,18H,3-6,10H2,1-2H3. The number of nitrogens with one attached hydrogen (secondary N) is 1. The first-order valence-corrected chi connectivity index (χ1v) is 7.49. The van der Waals surface area contributed by atoms with E-state index in [1.165, 1.54) is 36.6 Å². The van der Waals surface area contributed by atoms with E-state index in [4.69, 9.17) is 4.42 Å². The van der Waals surface area contributed by atoms with E-state index in [1.807, 2.05) is 0 Å². The van der Waals surface area contributed by atoms with Crippen LogP contribution in [0.15, 0.2) is 28.7 Å². The lowest BCUT2D eigenvalue weighted by Crippen LogP contribution is -2.25. The molecule has 0 amide bonds. The van der Waals surface area contributed by atoms with Crippen LogP contribution in [0.25, 0.3) is 11.0 Å². The summed E-state index contributed by atoms with van der Waals surface area (Å²) in [6.45, 7) is 5.29. The van der Waals surface area contributed by atoms with Crippen molar-refractivity contribution >= 4 is 11.0 Å². The molecule has 2 heteroatoms. The van der Waals surface area contributed by atoms with Gasteiger partial charge in [-0.2, -0.15) is 0 Å². The van der Waals surface area contributed by atoms with Crippen LogP contribution in [-0.4, -0.2) is 6.54 Å². The molecule has 1 aromatic heterocycles. The highest BCUT2D eigenvalue weighted by Crippen LogP contribution is 2.36. The van der Waals surface area contributed by atoms with E-state index in [9.17, 15) is 0 Å². The molecule has 1 atom stereocenters. The zero-order chi connectivity index (χ0) is 13.2. The summed E-state index contributed by atoms with van der Waals surface area (Å²) >= 11 is 0. The first kappa shape index (κ1) is 12.7. The molecule has 2 nitrogen and oxygen atoms in total. The maximum absolute atomic E-state index is 6.04. The Kier molecular flexibility index (Phi) is 3.61. The number of aryl methyl sites for hydroxylation is 1. The van der Waals surface area contributed by atoms with Crippen LogP contribution in [0.1, 0.15) is 50.0 Å². The lowest BCUT2D eigenvalue weighted by atomic mass is 9.80. The Morgan fingerprint density at radius 2 is 2.16 bits per heavy atom. The highest BCUT2D eigenvalue weighted by Gasteiger charge is 2.24. The smallest absolute Gasteiger partial charge is 0.134 e. The summed E-state index contributed by atoms with van der Waals surface area (Å²) in [5.74, 6) is 1.99. The topological polar surface area (TPSA) is 25.2 Å². The van der Waals surface area contributed by atoms with Crippen LogP contribution >= 0.6 is 0 Å². The lowest BCUT2D eigenvalue weighted by molar-refractivity contribution is 0.249. The van der Waals surface area contributed by atoms with Gasteiger partial charge in [-0.25, -0.2) is 0 Å². The van der Waals surface area contributed by atoms with Crippen LogP contribution in [0.3, 0.4) is 0 Å². The molecule has 1 aliphatic rings. The summed E-state index contributed by atoms with van der Waals surface area (Å²) in [7, 11) is 0. The normalized spacial score (nSPS) is 17.6. The third kappa shape index (κ3) is 2.69. The molecule has 19 heavy (non-hydrogen) atoms.